The van der Waals surface area contributed by atoms with E-state index in [-0.39, 0.29) is 11.8 Å². The minimum Gasteiger partial charge on any atom is -0.312 e. The highest BCUT2D eigenvalue weighted by Crippen LogP contribution is 2.28. The van der Waals surface area contributed by atoms with Gasteiger partial charge in [0, 0.05) is 37.8 Å². The molecule has 2 aromatic carbocycles. The van der Waals surface area contributed by atoms with Crippen molar-refractivity contribution in [1.82, 2.24) is 0 Å². The topological polar surface area (TPSA) is 40.6 Å². The molecule has 0 saturated carbocycles. The normalized spacial score (nSPS) is 12.8. The summed E-state index contributed by atoms with van der Waals surface area (Å²) in [5.41, 5.74) is 5.31. The number of rotatable bonds is 4. The third-order valence-corrected chi connectivity index (χ3v) is 4.64. The monoisotopic (exact) mass is 336 g/mol. The number of hydrogen-bond acceptors (Lipinski definition) is 2. The summed E-state index contributed by atoms with van der Waals surface area (Å²) >= 11 is 0. The van der Waals surface area contributed by atoms with E-state index in [4.69, 9.17) is 0 Å². The SMILES string of the molecule is CC(=O)N(CCC(=O)N1CCc2ccccc21)c1cc(C)cc(C)c1. The summed E-state index contributed by atoms with van der Waals surface area (Å²) in [5.74, 6) is 0.0280. The van der Waals surface area contributed by atoms with Gasteiger partial charge in [-0.1, -0.05) is 24.3 Å². The zero-order valence-electron chi connectivity index (χ0n) is 15.1. The van der Waals surface area contributed by atoms with E-state index < -0.39 is 0 Å². The van der Waals surface area contributed by atoms with E-state index in [2.05, 4.69) is 12.1 Å². The highest BCUT2D eigenvalue weighted by molar-refractivity contribution is 5.97. The Morgan fingerprint density at radius 1 is 1.08 bits per heavy atom. The number of anilines is 2. The Kier molecular flexibility index (Phi) is 4.88. The van der Waals surface area contributed by atoms with Gasteiger partial charge < -0.3 is 9.80 Å². The maximum atomic E-state index is 12.7. The number of fused-ring (bicyclic) bond motifs is 1. The van der Waals surface area contributed by atoms with Gasteiger partial charge in [0.25, 0.3) is 0 Å². The molecule has 4 heteroatoms. The van der Waals surface area contributed by atoms with E-state index >= 15 is 0 Å². The molecule has 3 rings (SSSR count). The number of aryl methyl sites for hydroxylation is 2. The van der Waals surface area contributed by atoms with Gasteiger partial charge in [-0.25, -0.2) is 0 Å². The van der Waals surface area contributed by atoms with Crippen LogP contribution >= 0.6 is 0 Å². The van der Waals surface area contributed by atoms with Crippen LogP contribution in [-0.4, -0.2) is 24.9 Å². The van der Waals surface area contributed by atoms with Crippen molar-refractivity contribution in [3.8, 4) is 0 Å². The summed E-state index contributed by atoms with van der Waals surface area (Å²) in [6, 6.07) is 14.1. The minimum absolute atomic E-state index is 0.0420. The minimum atomic E-state index is -0.0420. The first-order valence-corrected chi connectivity index (χ1v) is 8.70. The van der Waals surface area contributed by atoms with Gasteiger partial charge in [-0.05, 0) is 55.2 Å². The van der Waals surface area contributed by atoms with E-state index in [1.54, 1.807) is 11.8 Å². The van der Waals surface area contributed by atoms with Gasteiger partial charge in [-0.15, -0.1) is 0 Å². The second kappa shape index (κ2) is 7.09. The highest BCUT2D eigenvalue weighted by Gasteiger charge is 2.24. The van der Waals surface area contributed by atoms with Crippen LogP contribution in [-0.2, 0) is 16.0 Å². The van der Waals surface area contributed by atoms with Crippen LogP contribution in [0, 0.1) is 13.8 Å². The summed E-state index contributed by atoms with van der Waals surface area (Å²) in [7, 11) is 0. The molecule has 25 heavy (non-hydrogen) atoms. The van der Waals surface area contributed by atoms with Crippen molar-refractivity contribution >= 4 is 23.2 Å². The number of amides is 2. The molecule has 1 aliphatic heterocycles. The zero-order valence-corrected chi connectivity index (χ0v) is 15.1. The standard InChI is InChI=1S/C21H24N2O2/c1-15-12-16(2)14-19(13-15)22(17(3)24)11-9-21(25)23-10-8-18-6-4-5-7-20(18)23/h4-7,12-14H,8-11H2,1-3H3. The summed E-state index contributed by atoms with van der Waals surface area (Å²) in [6.45, 7) is 6.70. The molecule has 0 saturated heterocycles. The Morgan fingerprint density at radius 3 is 2.44 bits per heavy atom. The van der Waals surface area contributed by atoms with E-state index in [1.807, 2.05) is 49.1 Å². The van der Waals surface area contributed by atoms with Gasteiger partial charge in [-0.3, -0.25) is 9.59 Å². The van der Waals surface area contributed by atoms with Crippen LogP contribution in [0.5, 0.6) is 0 Å². The molecule has 0 bridgehead atoms. The predicted octanol–water partition coefficient (Wildman–Crippen LogP) is 3.64. The number of nitrogens with zero attached hydrogens (tertiary/aromatic N) is 2. The molecule has 0 N–H and O–H groups in total. The first-order valence-electron chi connectivity index (χ1n) is 8.70. The van der Waals surface area contributed by atoms with Crippen LogP contribution in [0.25, 0.3) is 0 Å². The third kappa shape index (κ3) is 3.73. The summed E-state index contributed by atoms with van der Waals surface area (Å²) in [5, 5.41) is 0. The van der Waals surface area contributed by atoms with Gasteiger partial charge in [-0.2, -0.15) is 0 Å². The number of carbonyl (C=O) groups excluding carboxylic acids is 2. The molecule has 0 unspecified atom stereocenters. The van der Waals surface area contributed by atoms with Crippen LogP contribution in [0.4, 0.5) is 11.4 Å². The van der Waals surface area contributed by atoms with Gasteiger partial charge in [0.1, 0.15) is 0 Å². The molecule has 0 spiro atoms. The molecule has 2 aromatic rings. The Bertz CT molecular complexity index is 793. The van der Waals surface area contributed by atoms with Crippen molar-refractivity contribution in [2.24, 2.45) is 0 Å². The smallest absolute Gasteiger partial charge is 0.228 e. The van der Waals surface area contributed by atoms with Crippen LogP contribution in [0.15, 0.2) is 42.5 Å². The molecule has 2 amide bonds. The fourth-order valence-electron chi connectivity index (χ4n) is 3.51. The number of para-hydroxylation sites is 1. The first kappa shape index (κ1) is 17.2. The Morgan fingerprint density at radius 2 is 1.76 bits per heavy atom. The summed E-state index contributed by atoms with van der Waals surface area (Å²) in [4.78, 5) is 28.3. The van der Waals surface area contributed by atoms with E-state index in [0.29, 0.717) is 13.0 Å². The zero-order chi connectivity index (χ0) is 18.0. The van der Waals surface area contributed by atoms with E-state index in [9.17, 15) is 9.59 Å². The predicted molar refractivity (Wildman–Crippen MR) is 101 cm³/mol. The van der Waals surface area contributed by atoms with Crippen LogP contribution < -0.4 is 9.80 Å². The first-order chi connectivity index (χ1) is 12.0. The van der Waals surface area contributed by atoms with Crippen LogP contribution in [0.2, 0.25) is 0 Å². The maximum Gasteiger partial charge on any atom is 0.228 e. The molecule has 1 heterocycles. The van der Waals surface area contributed by atoms with Gasteiger partial charge in [0.2, 0.25) is 11.8 Å². The number of carbonyl (C=O) groups is 2. The lowest BCUT2D eigenvalue weighted by Gasteiger charge is -2.24. The lowest BCUT2D eigenvalue weighted by molar-refractivity contribution is -0.118. The highest BCUT2D eigenvalue weighted by atomic mass is 16.2. The molecular formula is C21H24N2O2. The van der Waals surface area contributed by atoms with Crippen LogP contribution in [0.3, 0.4) is 0 Å². The molecule has 4 nitrogen and oxygen atoms in total. The Labute approximate surface area is 149 Å². The largest absolute Gasteiger partial charge is 0.312 e. The van der Waals surface area contributed by atoms with Crippen molar-refractivity contribution in [3.63, 3.8) is 0 Å². The number of benzene rings is 2. The van der Waals surface area contributed by atoms with Crippen LogP contribution in [0.1, 0.15) is 30.0 Å². The van der Waals surface area contributed by atoms with E-state index in [0.717, 1.165) is 35.5 Å². The second-order valence-corrected chi connectivity index (χ2v) is 6.69. The Balaban J connectivity index is 1.72. The second-order valence-electron chi connectivity index (χ2n) is 6.69. The fourth-order valence-corrected chi connectivity index (χ4v) is 3.51. The average Bonchev–Trinajstić information content (AvgIpc) is 2.97. The van der Waals surface area contributed by atoms with E-state index in [1.165, 1.54) is 5.56 Å². The molecular weight excluding hydrogens is 312 g/mol. The van der Waals surface area contributed by atoms with Gasteiger partial charge in [0.15, 0.2) is 0 Å². The molecule has 130 valence electrons. The average molecular weight is 336 g/mol. The van der Waals surface area contributed by atoms with Gasteiger partial charge >= 0.3 is 0 Å². The molecule has 0 atom stereocenters. The molecule has 0 aliphatic carbocycles. The molecule has 0 radical (unpaired) electrons. The lowest BCUT2D eigenvalue weighted by Crippen LogP contribution is -2.35. The summed E-state index contributed by atoms with van der Waals surface area (Å²) in [6.07, 6.45) is 1.22. The quantitative estimate of drug-likeness (QED) is 0.855. The molecule has 1 aliphatic rings. The van der Waals surface area contributed by atoms with Crippen molar-refractivity contribution < 1.29 is 9.59 Å². The van der Waals surface area contributed by atoms with Crippen molar-refractivity contribution in [3.05, 3.63) is 59.2 Å². The Hall–Kier alpha value is -2.62. The fraction of sp³-hybridized carbons (Fsp3) is 0.333. The van der Waals surface area contributed by atoms with Crippen molar-refractivity contribution in [1.29, 1.82) is 0 Å². The summed E-state index contributed by atoms with van der Waals surface area (Å²) < 4.78 is 0. The maximum absolute atomic E-state index is 12.7. The van der Waals surface area contributed by atoms with Crippen molar-refractivity contribution in [2.75, 3.05) is 22.9 Å². The molecule has 0 fully saturated rings. The number of hydrogen-bond donors (Lipinski definition) is 0. The molecule has 0 aromatic heterocycles. The third-order valence-electron chi connectivity index (χ3n) is 4.64. The van der Waals surface area contributed by atoms with Gasteiger partial charge in [0.05, 0.1) is 0 Å². The lowest BCUT2D eigenvalue weighted by atomic mass is 10.1. The van der Waals surface area contributed by atoms with Crippen molar-refractivity contribution in [2.45, 2.75) is 33.6 Å².